The van der Waals surface area contributed by atoms with E-state index in [0.717, 1.165) is 25.7 Å². The molecular formula is C22H30ClN3O3S2. The topological polar surface area (TPSA) is 78.5 Å². The van der Waals surface area contributed by atoms with Gasteiger partial charge in [-0.3, -0.25) is 4.79 Å². The SMILES string of the molecule is CC(C)C(NCC(=O)Nc1cc(S(=O)(=O)N2CCCCCC2)ccc1Cl)c1cccs1. The number of hydrogen-bond donors (Lipinski definition) is 2. The van der Waals surface area contributed by atoms with Gasteiger partial charge in [-0.2, -0.15) is 4.31 Å². The molecule has 1 saturated heterocycles. The molecule has 6 nitrogen and oxygen atoms in total. The monoisotopic (exact) mass is 483 g/mol. The zero-order valence-corrected chi connectivity index (χ0v) is 20.3. The van der Waals surface area contributed by atoms with E-state index in [4.69, 9.17) is 11.6 Å². The Hall–Kier alpha value is -1.45. The van der Waals surface area contributed by atoms with Crippen molar-refractivity contribution >= 4 is 44.6 Å². The van der Waals surface area contributed by atoms with E-state index in [1.54, 1.807) is 11.3 Å². The van der Waals surface area contributed by atoms with Crippen molar-refractivity contribution in [2.75, 3.05) is 25.0 Å². The zero-order valence-electron chi connectivity index (χ0n) is 17.9. The molecule has 0 radical (unpaired) electrons. The highest BCUT2D eigenvalue weighted by molar-refractivity contribution is 7.89. The molecule has 1 aliphatic heterocycles. The fourth-order valence-electron chi connectivity index (χ4n) is 3.72. The van der Waals surface area contributed by atoms with E-state index in [0.29, 0.717) is 29.7 Å². The summed E-state index contributed by atoms with van der Waals surface area (Å²) >= 11 is 7.91. The predicted molar refractivity (Wildman–Crippen MR) is 127 cm³/mol. The molecule has 1 atom stereocenters. The van der Waals surface area contributed by atoms with Crippen LogP contribution in [0.5, 0.6) is 0 Å². The van der Waals surface area contributed by atoms with Gasteiger partial charge in [-0.05, 0) is 48.4 Å². The van der Waals surface area contributed by atoms with Crippen LogP contribution in [0.3, 0.4) is 0 Å². The van der Waals surface area contributed by atoms with Crippen molar-refractivity contribution in [1.29, 1.82) is 0 Å². The second kappa shape index (κ2) is 10.9. The molecule has 1 unspecified atom stereocenters. The van der Waals surface area contributed by atoms with Gasteiger partial charge in [-0.15, -0.1) is 11.3 Å². The summed E-state index contributed by atoms with van der Waals surface area (Å²) in [6, 6.07) is 8.59. The molecule has 0 aliphatic carbocycles. The first-order valence-corrected chi connectivity index (χ1v) is 13.3. The van der Waals surface area contributed by atoms with Crippen molar-refractivity contribution in [1.82, 2.24) is 9.62 Å². The molecule has 31 heavy (non-hydrogen) atoms. The minimum Gasteiger partial charge on any atom is -0.324 e. The fourth-order valence-corrected chi connectivity index (χ4v) is 6.40. The molecule has 1 aliphatic rings. The number of benzene rings is 1. The van der Waals surface area contributed by atoms with Crippen LogP contribution < -0.4 is 10.6 Å². The number of halogens is 1. The van der Waals surface area contributed by atoms with E-state index in [1.165, 1.54) is 27.4 Å². The largest absolute Gasteiger partial charge is 0.324 e. The number of nitrogens with zero attached hydrogens (tertiary/aromatic N) is 1. The lowest BCUT2D eigenvalue weighted by Crippen LogP contribution is -2.33. The molecule has 0 spiro atoms. The van der Waals surface area contributed by atoms with E-state index in [1.807, 2.05) is 17.5 Å². The van der Waals surface area contributed by atoms with Crippen LogP contribution in [-0.4, -0.2) is 38.3 Å². The van der Waals surface area contributed by atoms with Gasteiger partial charge in [0, 0.05) is 24.0 Å². The third kappa shape index (κ3) is 6.29. The molecule has 0 bridgehead atoms. The summed E-state index contributed by atoms with van der Waals surface area (Å²) in [5, 5.41) is 8.38. The molecule has 3 rings (SSSR count). The molecular weight excluding hydrogens is 454 g/mol. The smallest absolute Gasteiger partial charge is 0.243 e. The summed E-state index contributed by atoms with van der Waals surface area (Å²) in [6.07, 6.45) is 3.82. The van der Waals surface area contributed by atoms with Gasteiger partial charge in [-0.1, -0.05) is 44.4 Å². The van der Waals surface area contributed by atoms with E-state index in [-0.39, 0.29) is 23.4 Å². The number of anilines is 1. The Morgan fingerprint density at radius 1 is 1.16 bits per heavy atom. The molecule has 0 saturated carbocycles. The summed E-state index contributed by atoms with van der Waals surface area (Å²) in [7, 11) is -3.62. The molecule has 1 fully saturated rings. The highest BCUT2D eigenvalue weighted by Gasteiger charge is 2.26. The van der Waals surface area contributed by atoms with Crippen LogP contribution in [0.2, 0.25) is 5.02 Å². The van der Waals surface area contributed by atoms with Crippen LogP contribution in [0.15, 0.2) is 40.6 Å². The maximum absolute atomic E-state index is 13.1. The average Bonchev–Trinajstić information content (AvgIpc) is 3.09. The Labute approximate surface area is 194 Å². The first kappa shape index (κ1) is 24.2. The lowest BCUT2D eigenvalue weighted by Gasteiger charge is -2.22. The quantitative estimate of drug-likeness (QED) is 0.560. The third-order valence-electron chi connectivity index (χ3n) is 5.41. The van der Waals surface area contributed by atoms with E-state index < -0.39 is 10.0 Å². The van der Waals surface area contributed by atoms with Gasteiger partial charge in [0.15, 0.2) is 0 Å². The van der Waals surface area contributed by atoms with Crippen molar-refractivity contribution in [3.05, 3.63) is 45.6 Å². The number of hydrogen-bond acceptors (Lipinski definition) is 5. The standard InChI is InChI=1S/C22H30ClN3O3S2/c1-16(2)22(20-8-7-13-30-20)24-15-21(27)25-19-14-17(9-10-18(19)23)31(28,29)26-11-5-3-4-6-12-26/h7-10,13-14,16,22,24H,3-6,11-12,15H2,1-2H3,(H,25,27). The van der Waals surface area contributed by atoms with Crippen LogP contribution in [0.4, 0.5) is 5.69 Å². The van der Waals surface area contributed by atoms with Crippen molar-refractivity contribution < 1.29 is 13.2 Å². The number of nitrogens with one attached hydrogen (secondary N) is 2. The predicted octanol–water partition coefficient (Wildman–Crippen LogP) is 4.89. The lowest BCUT2D eigenvalue weighted by molar-refractivity contribution is -0.115. The van der Waals surface area contributed by atoms with Gasteiger partial charge < -0.3 is 10.6 Å². The molecule has 2 aromatic rings. The van der Waals surface area contributed by atoms with Gasteiger partial charge >= 0.3 is 0 Å². The van der Waals surface area contributed by atoms with Gasteiger partial charge in [0.25, 0.3) is 0 Å². The normalized spacial score (nSPS) is 16.8. The average molecular weight is 484 g/mol. The molecule has 9 heteroatoms. The van der Waals surface area contributed by atoms with Crippen molar-refractivity contribution in [3.63, 3.8) is 0 Å². The van der Waals surface area contributed by atoms with Gasteiger partial charge in [0.2, 0.25) is 15.9 Å². The molecule has 1 aromatic carbocycles. The van der Waals surface area contributed by atoms with E-state index in [2.05, 4.69) is 24.5 Å². The van der Waals surface area contributed by atoms with Crippen molar-refractivity contribution in [2.45, 2.75) is 50.5 Å². The fraction of sp³-hybridized carbons (Fsp3) is 0.500. The van der Waals surface area contributed by atoms with Gasteiger partial charge in [0.05, 0.1) is 22.2 Å². The highest BCUT2D eigenvalue weighted by Crippen LogP contribution is 2.29. The molecule has 1 aromatic heterocycles. The Bertz CT molecular complexity index is 970. The van der Waals surface area contributed by atoms with E-state index >= 15 is 0 Å². The number of thiophene rings is 1. The summed E-state index contributed by atoms with van der Waals surface area (Å²) in [4.78, 5) is 13.9. The second-order valence-electron chi connectivity index (χ2n) is 8.13. The van der Waals surface area contributed by atoms with Crippen LogP contribution in [0, 0.1) is 5.92 Å². The number of carbonyl (C=O) groups is 1. The van der Waals surface area contributed by atoms with E-state index in [9.17, 15) is 13.2 Å². The Balaban J connectivity index is 1.69. The van der Waals surface area contributed by atoms with Crippen LogP contribution in [-0.2, 0) is 14.8 Å². The summed E-state index contributed by atoms with van der Waals surface area (Å²) in [5.74, 6) is 0.0468. The lowest BCUT2D eigenvalue weighted by atomic mass is 10.0. The number of amides is 1. The minimum atomic E-state index is -3.62. The first-order chi connectivity index (χ1) is 14.8. The van der Waals surface area contributed by atoms with Gasteiger partial charge in [0.1, 0.15) is 0 Å². The number of sulfonamides is 1. The molecule has 1 amide bonds. The number of rotatable bonds is 8. The summed E-state index contributed by atoms with van der Waals surface area (Å²) in [6.45, 7) is 5.35. The van der Waals surface area contributed by atoms with Crippen LogP contribution in [0.1, 0.15) is 50.4 Å². The number of carbonyl (C=O) groups excluding carboxylic acids is 1. The third-order valence-corrected chi connectivity index (χ3v) is 8.59. The highest BCUT2D eigenvalue weighted by atomic mass is 35.5. The summed E-state index contributed by atoms with van der Waals surface area (Å²) in [5.41, 5.74) is 0.307. The maximum atomic E-state index is 13.1. The minimum absolute atomic E-state index is 0.0657. The Morgan fingerprint density at radius 3 is 2.48 bits per heavy atom. The first-order valence-electron chi connectivity index (χ1n) is 10.7. The maximum Gasteiger partial charge on any atom is 0.243 e. The van der Waals surface area contributed by atoms with Crippen LogP contribution >= 0.6 is 22.9 Å². The Kier molecular flexibility index (Phi) is 8.52. The van der Waals surface area contributed by atoms with Crippen LogP contribution in [0.25, 0.3) is 0 Å². The van der Waals surface area contributed by atoms with Crippen molar-refractivity contribution in [3.8, 4) is 0 Å². The Morgan fingerprint density at radius 2 is 1.87 bits per heavy atom. The zero-order chi connectivity index (χ0) is 22.4. The molecule has 2 heterocycles. The molecule has 170 valence electrons. The van der Waals surface area contributed by atoms with Crippen molar-refractivity contribution in [2.24, 2.45) is 5.92 Å². The molecule has 2 N–H and O–H groups in total. The summed E-state index contributed by atoms with van der Waals surface area (Å²) < 4.78 is 27.7. The van der Waals surface area contributed by atoms with Gasteiger partial charge in [-0.25, -0.2) is 8.42 Å². The second-order valence-corrected chi connectivity index (χ2v) is 11.5.